The van der Waals surface area contributed by atoms with Gasteiger partial charge in [0.05, 0.1) is 5.41 Å². The summed E-state index contributed by atoms with van der Waals surface area (Å²) < 4.78 is 29.1. The molecule has 0 fully saturated rings. The monoisotopic (exact) mass is 452 g/mol. The predicted molar refractivity (Wildman–Crippen MR) is 106 cm³/mol. The number of carbonyl (C=O) groups excluding carboxylic acids is 1. The third-order valence-electron chi connectivity index (χ3n) is 4.23. The third kappa shape index (κ3) is 4.06. The molecule has 25 heavy (non-hydrogen) atoms. The van der Waals surface area contributed by atoms with Gasteiger partial charge in [0.15, 0.2) is 5.78 Å². The summed E-state index contributed by atoms with van der Waals surface area (Å²) >= 11 is 2.24. The normalized spacial score (nSPS) is 11.2. The molecule has 0 bridgehead atoms. The Morgan fingerprint density at radius 3 is 2.16 bits per heavy atom. The zero-order valence-electron chi connectivity index (χ0n) is 13.8. The van der Waals surface area contributed by atoms with Crippen molar-refractivity contribution in [2.75, 3.05) is 0 Å². The molecule has 0 unspecified atom stereocenters. The first-order valence-electron chi connectivity index (χ1n) is 7.85. The van der Waals surface area contributed by atoms with Crippen molar-refractivity contribution in [2.24, 2.45) is 0 Å². The molecule has 2 aromatic carbocycles. The molecule has 0 spiro atoms. The van der Waals surface area contributed by atoms with Crippen LogP contribution < -0.4 is 0 Å². The third-order valence-corrected chi connectivity index (χ3v) is 5.12. The van der Waals surface area contributed by atoms with Crippen molar-refractivity contribution in [3.8, 4) is 0 Å². The van der Waals surface area contributed by atoms with Crippen LogP contribution in [0, 0.1) is 11.6 Å². The summed E-state index contributed by atoms with van der Waals surface area (Å²) in [5, 5.41) is 0. The number of allylic oxidation sites excluding steroid dienone is 2. The van der Waals surface area contributed by atoms with Crippen molar-refractivity contribution >= 4 is 28.4 Å². The van der Waals surface area contributed by atoms with Crippen molar-refractivity contribution < 1.29 is 13.6 Å². The molecule has 130 valence electrons. The van der Waals surface area contributed by atoms with Gasteiger partial charge in [-0.3, -0.25) is 4.79 Å². The van der Waals surface area contributed by atoms with Gasteiger partial charge in [-0.25, -0.2) is 8.78 Å². The maximum Gasteiger partial charge on any atom is 0.174 e. The summed E-state index contributed by atoms with van der Waals surface area (Å²) in [5.74, 6) is -1.46. The van der Waals surface area contributed by atoms with Gasteiger partial charge < -0.3 is 0 Å². The van der Waals surface area contributed by atoms with Crippen LogP contribution in [0.2, 0.25) is 0 Å². The topological polar surface area (TPSA) is 17.1 Å². The lowest BCUT2D eigenvalue weighted by atomic mass is 9.69. The average molecular weight is 452 g/mol. The largest absolute Gasteiger partial charge is 0.293 e. The SMILES string of the molecule is C=CCC(CC=C)(C(=O)c1ccc(CI)cc1)c1cc(F)ccc1F. The van der Waals surface area contributed by atoms with E-state index in [0.717, 1.165) is 28.2 Å². The Bertz CT molecular complexity index is 771. The molecule has 0 saturated heterocycles. The molecule has 0 heterocycles. The van der Waals surface area contributed by atoms with Gasteiger partial charge in [0, 0.05) is 15.6 Å². The molecule has 4 heteroatoms. The van der Waals surface area contributed by atoms with Crippen molar-refractivity contribution in [1.29, 1.82) is 0 Å². The van der Waals surface area contributed by atoms with Crippen molar-refractivity contribution in [3.63, 3.8) is 0 Å². The van der Waals surface area contributed by atoms with Crippen molar-refractivity contribution in [3.05, 3.63) is 96.1 Å². The van der Waals surface area contributed by atoms with Gasteiger partial charge in [-0.15, -0.1) is 13.2 Å². The first kappa shape index (κ1) is 19.5. The Balaban J connectivity index is 2.64. The van der Waals surface area contributed by atoms with Gasteiger partial charge in [-0.1, -0.05) is 59.0 Å². The Morgan fingerprint density at radius 1 is 1.04 bits per heavy atom. The minimum atomic E-state index is -1.26. The smallest absolute Gasteiger partial charge is 0.174 e. The molecule has 0 aliphatic rings. The van der Waals surface area contributed by atoms with E-state index in [2.05, 4.69) is 35.7 Å². The van der Waals surface area contributed by atoms with Crippen LogP contribution in [0.3, 0.4) is 0 Å². The van der Waals surface area contributed by atoms with E-state index in [9.17, 15) is 13.6 Å². The Hall–Kier alpha value is -1.82. The van der Waals surface area contributed by atoms with Crippen LogP contribution in [0.4, 0.5) is 8.78 Å². The molecule has 0 N–H and O–H groups in total. The lowest BCUT2D eigenvalue weighted by Gasteiger charge is -2.31. The molecular weight excluding hydrogens is 433 g/mol. The molecular formula is C21H19F2IO. The fourth-order valence-corrected chi connectivity index (χ4v) is 3.50. The first-order valence-corrected chi connectivity index (χ1v) is 9.38. The standard InChI is InChI=1S/C21H19F2IO/c1-3-11-21(12-4-2,18-13-17(22)9-10-19(18)23)20(25)16-7-5-15(14-24)6-8-16/h3-10,13H,1-2,11-12,14H2. The molecule has 0 amide bonds. The highest BCUT2D eigenvalue weighted by atomic mass is 127. The van der Waals surface area contributed by atoms with Gasteiger partial charge in [-0.2, -0.15) is 0 Å². The number of alkyl halides is 1. The van der Waals surface area contributed by atoms with Gasteiger partial charge in [-0.05, 0) is 36.6 Å². The van der Waals surface area contributed by atoms with E-state index in [4.69, 9.17) is 0 Å². The molecule has 1 nitrogen and oxygen atoms in total. The Morgan fingerprint density at radius 2 is 1.64 bits per heavy atom. The number of Topliss-reactive ketones (excluding diaryl/α,β-unsaturated/α-hetero) is 1. The van der Waals surface area contributed by atoms with Crippen LogP contribution in [0.5, 0.6) is 0 Å². The van der Waals surface area contributed by atoms with Crippen molar-refractivity contribution in [2.45, 2.75) is 22.7 Å². The van der Waals surface area contributed by atoms with E-state index in [1.54, 1.807) is 24.3 Å². The van der Waals surface area contributed by atoms with Gasteiger partial charge in [0.2, 0.25) is 0 Å². The van der Waals surface area contributed by atoms with Crippen molar-refractivity contribution in [1.82, 2.24) is 0 Å². The summed E-state index contributed by atoms with van der Waals surface area (Å²) in [5.41, 5.74) is 0.324. The fourth-order valence-electron chi connectivity index (χ4n) is 2.99. The summed E-state index contributed by atoms with van der Waals surface area (Å²) in [7, 11) is 0. The van der Waals surface area contributed by atoms with E-state index >= 15 is 0 Å². The zero-order valence-corrected chi connectivity index (χ0v) is 15.9. The molecule has 0 aliphatic heterocycles. The van der Waals surface area contributed by atoms with E-state index in [0.29, 0.717) is 5.56 Å². The van der Waals surface area contributed by atoms with E-state index < -0.39 is 17.0 Å². The number of benzene rings is 2. The number of ketones is 1. The Labute approximate surface area is 160 Å². The molecule has 0 atom stereocenters. The summed E-state index contributed by atoms with van der Waals surface area (Å²) in [4.78, 5) is 13.3. The fraction of sp³-hybridized carbons (Fsp3) is 0.190. The lowest BCUT2D eigenvalue weighted by molar-refractivity contribution is 0.0881. The van der Waals surface area contributed by atoms with Crippen LogP contribution in [0.25, 0.3) is 0 Å². The van der Waals surface area contributed by atoms with Crippen LogP contribution in [-0.2, 0) is 9.84 Å². The van der Waals surface area contributed by atoms with Gasteiger partial charge in [0.25, 0.3) is 0 Å². The highest BCUT2D eigenvalue weighted by molar-refractivity contribution is 14.1. The van der Waals surface area contributed by atoms with Crippen LogP contribution in [0.15, 0.2) is 67.8 Å². The summed E-state index contributed by atoms with van der Waals surface area (Å²) in [6.07, 6.45) is 3.49. The lowest BCUT2D eigenvalue weighted by Crippen LogP contribution is -2.36. The van der Waals surface area contributed by atoms with Gasteiger partial charge >= 0.3 is 0 Å². The zero-order chi connectivity index (χ0) is 18.4. The quantitative estimate of drug-likeness (QED) is 0.203. The number of halogens is 3. The predicted octanol–water partition coefficient (Wildman–Crippen LogP) is 6.17. The van der Waals surface area contributed by atoms with Crippen LogP contribution >= 0.6 is 22.6 Å². The second-order valence-electron chi connectivity index (χ2n) is 5.85. The second kappa shape index (κ2) is 8.52. The minimum Gasteiger partial charge on any atom is -0.293 e. The maximum absolute atomic E-state index is 14.5. The average Bonchev–Trinajstić information content (AvgIpc) is 2.63. The van der Waals surface area contributed by atoms with E-state index in [-0.39, 0.29) is 24.2 Å². The first-order chi connectivity index (χ1) is 12.0. The van der Waals surface area contributed by atoms with E-state index in [1.807, 2.05) is 12.1 Å². The number of hydrogen-bond donors (Lipinski definition) is 0. The highest BCUT2D eigenvalue weighted by Crippen LogP contribution is 2.38. The highest BCUT2D eigenvalue weighted by Gasteiger charge is 2.40. The number of hydrogen-bond acceptors (Lipinski definition) is 1. The Kier molecular flexibility index (Phi) is 6.64. The molecule has 0 aliphatic carbocycles. The maximum atomic E-state index is 14.5. The molecule has 0 radical (unpaired) electrons. The number of carbonyl (C=O) groups is 1. The number of rotatable bonds is 8. The summed E-state index contributed by atoms with van der Waals surface area (Å²) in [6, 6.07) is 10.4. The molecule has 0 aromatic heterocycles. The second-order valence-corrected chi connectivity index (χ2v) is 6.61. The molecule has 2 aromatic rings. The van der Waals surface area contributed by atoms with Gasteiger partial charge in [0.1, 0.15) is 11.6 Å². The molecule has 2 rings (SSSR count). The molecule has 0 saturated carbocycles. The summed E-state index contributed by atoms with van der Waals surface area (Å²) in [6.45, 7) is 7.41. The minimum absolute atomic E-state index is 0.0373. The van der Waals surface area contributed by atoms with Crippen LogP contribution in [0.1, 0.15) is 34.3 Å². The van der Waals surface area contributed by atoms with Crippen LogP contribution in [-0.4, -0.2) is 5.78 Å². The van der Waals surface area contributed by atoms with E-state index in [1.165, 1.54) is 0 Å².